The van der Waals surface area contributed by atoms with Crippen LogP contribution in [-0.4, -0.2) is 18.0 Å². The van der Waals surface area contributed by atoms with Crippen LogP contribution >= 0.6 is 0 Å². The molecule has 0 radical (unpaired) electrons. The summed E-state index contributed by atoms with van der Waals surface area (Å²) < 4.78 is 0. The summed E-state index contributed by atoms with van der Waals surface area (Å²) in [5.41, 5.74) is 6.05. The summed E-state index contributed by atoms with van der Waals surface area (Å²) in [6.07, 6.45) is 6.38. The lowest BCUT2D eigenvalue weighted by molar-refractivity contribution is -0.128. The molecular formula is C14H28N2O. The minimum absolute atomic E-state index is 0.129. The average Bonchev–Trinajstić information content (AvgIpc) is 2.31. The molecule has 0 aromatic carbocycles. The first-order valence-electron chi connectivity index (χ1n) is 7.16. The molecule has 0 spiro atoms. The van der Waals surface area contributed by atoms with Gasteiger partial charge in [-0.15, -0.1) is 0 Å². The number of nitrogens with one attached hydrogen (secondary N) is 1. The van der Waals surface area contributed by atoms with E-state index in [0.717, 1.165) is 38.5 Å². The molecule has 1 saturated carbocycles. The number of carbonyl (C=O) groups is 1. The Hall–Kier alpha value is -0.570. The molecule has 4 unspecified atom stereocenters. The van der Waals surface area contributed by atoms with Gasteiger partial charge >= 0.3 is 0 Å². The Morgan fingerprint density at radius 2 is 2.12 bits per heavy atom. The van der Waals surface area contributed by atoms with E-state index in [1.165, 1.54) is 0 Å². The fourth-order valence-corrected chi connectivity index (χ4v) is 2.80. The second-order valence-electron chi connectivity index (χ2n) is 5.46. The molecule has 100 valence electrons. The van der Waals surface area contributed by atoms with Crippen LogP contribution in [0.25, 0.3) is 0 Å². The SMILES string of the molecule is CCCC(CC)NC(=O)C1CCCC(N)C1C. The summed E-state index contributed by atoms with van der Waals surface area (Å²) in [6.45, 7) is 6.42. The second-order valence-corrected chi connectivity index (χ2v) is 5.46. The van der Waals surface area contributed by atoms with Crippen LogP contribution in [0.2, 0.25) is 0 Å². The number of hydrogen-bond acceptors (Lipinski definition) is 2. The van der Waals surface area contributed by atoms with Crippen molar-refractivity contribution in [1.29, 1.82) is 0 Å². The van der Waals surface area contributed by atoms with Gasteiger partial charge in [0.1, 0.15) is 0 Å². The molecule has 3 N–H and O–H groups in total. The van der Waals surface area contributed by atoms with Crippen LogP contribution in [0.4, 0.5) is 0 Å². The van der Waals surface area contributed by atoms with Gasteiger partial charge in [-0.25, -0.2) is 0 Å². The van der Waals surface area contributed by atoms with Crippen LogP contribution in [0.15, 0.2) is 0 Å². The summed E-state index contributed by atoms with van der Waals surface area (Å²) in [4.78, 5) is 12.2. The van der Waals surface area contributed by atoms with Crippen molar-refractivity contribution in [2.24, 2.45) is 17.6 Å². The molecular weight excluding hydrogens is 212 g/mol. The number of amides is 1. The van der Waals surface area contributed by atoms with Gasteiger partial charge in [0, 0.05) is 18.0 Å². The topological polar surface area (TPSA) is 55.1 Å². The Kier molecular flexibility index (Phi) is 5.96. The highest BCUT2D eigenvalue weighted by molar-refractivity contribution is 5.79. The quantitative estimate of drug-likeness (QED) is 0.775. The van der Waals surface area contributed by atoms with E-state index in [4.69, 9.17) is 5.73 Å². The smallest absolute Gasteiger partial charge is 0.223 e. The highest BCUT2D eigenvalue weighted by Crippen LogP contribution is 2.29. The van der Waals surface area contributed by atoms with Crippen molar-refractivity contribution in [1.82, 2.24) is 5.32 Å². The summed E-state index contributed by atoms with van der Waals surface area (Å²) in [5.74, 6) is 0.681. The lowest BCUT2D eigenvalue weighted by Gasteiger charge is -2.33. The van der Waals surface area contributed by atoms with Crippen molar-refractivity contribution in [3.63, 3.8) is 0 Å². The lowest BCUT2D eigenvalue weighted by Crippen LogP contribution is -2.46. The molecule has 0 heterocycles. The van der Waals surface area contributed by atoms with Gasteiger partial charge in [0.05, 0.1) is 0 Å². The monoisotopic (exact) mass is 240 g/mol. The van der Waals surface area contributed by atoms with Crippen molar-refractivity contribution in [3.8, 4) is 0 Å². The Labute approximate surface area is 106 Å². The number of nitrogens with two attached hydrogens (primary N) is 1. The second kappa shape index (κ2) is 7.00. The van der Waals surface area contributed by atoms with Crippen LogP contribution in [0.1, 0.15) is 59.3 Å². The third-order valence-corrected chi connectivity index (χ3v) is 4.18. The van der Waals surface area contributed by atoms with Crippen molar-refractivity contribution in [3.05, 3.63) is 0 Å². The Morgan fingerprint density at radius 3 is 2.71 bits per heavy atom. The fourth-order valence-electron chi connectivity index (χ4n) is 2.80. The van der Waals surface area contributed by atoms with E-state index >= 15 is 0 Å². The molecule has 4 atom stereocenters. The van der Waals surface area contributed by atoms with Crippen LogP contribution in [-0.2, 0) is 4.79 Å². The third kappa shape index (κ3) is 3.98. The van der Waals surface area contributed by atoms with Crippen molar-refractivity contribution in [2.45, 2.75) is 71.4 Å². The van der Waals surface area contributed by atoms with Gasteiger partial charge in [-0.3, -0.25) is 4.79 Å². The molecule has 0 aromatic rings. The average molecular weight is 240 g/mol. The third-order valence-electron chi connectivity index (χ3n) is 4.18. The first-order valence-corrected chi connectivity index (χ1v) is 7.16. The summed E-state index contributed by atoms with van der Waals surface area (Å²) in [7, 11) is 0. The first kappa shape index (κ1) is 14.5. The normalized spacial score (nSPS) is 30.9. The Morgan fingerprint density at radius 1 is 1.41 bits per heavy atom. The number of carbonyl (C=O) groups excluding carboxylic acids is 1. The van der Waals surface area contributed by atoms with Crippen LogP contribution < -0.4 is 11.1 Å². The Balaban J connectivity index is 2.50. The number of hydrogen-bond donors (Lipinski definition) is 2. The largest absolute Gasteiger partial charge is 0.353 e. The zero-order chi connectivity index (χ0) is 12.8. The molecule has 1 fully saturated rings. The standard InChI is InChI=1S/C14H28N2O/c1-4-7-11(5-2)16-14(17)12-8-6-9-13(15)10(12)3/h10-13H,4-9,15H2,1-3H3,(H,16,17). The molecule has 0 aliphatic heterocycles. The lowest BCUT2D eigenvalue weighted by atomic mass is 9.76. The van der Waals surface area contributed by atoms with E-state index in [1.54, 1.807) is 0 Å². The van der Waals surface area contributed by atoms with Crippen LogP contribution in [0, 0.1) is 11.8 Å². The van der Waals surface area contributed by atoms with E-state index in [2.05, 4.69) is 26.1 Å². The molecule has 1 aliphatic rings. The zero-order valence-electron chi connectivity index (χ0n) is 11.5. The maximum Gasteiger partial charge on any atom is 0.223 e. The molecule has 1 amide bonds. The van der Waals surface area contributed by atoms with Gasteiger partial charge in [-0.1, -0.05) is 33.6 Å². The molecule has 17 heavy (non-hydrogen) atoms. The predicted molar refractivity (Wildman–Crippen MR) is 71.6 cm³/mol. The minimum atomic E-state index is 0.129. The summed E-state index contributed by atoms with van der Waals surface area (Å²) >= 11 is 0. The van der Waals surface area contributed by atoms with Gasteiger partial charge in [0.15, 0.2) is 0 Å². The molecule has 0 bridgehead atoms. The summed E-state index contributed by atoms with van der Waals surface area (Å²) in [5, 5.41) is 3.19. The van der Waals surface area contributed by atoms with Crippen molar-refractivity contribution >= 4 is 5.91 Å². The van der Waals surface area contributed by atoms with Crippen LogP contribution in [0.5, 0.6) is 0 Å². The van der Waals surface area contributed by atoms with E-state index < -0.39 is 0 Å². The fraction of sp³-hybridized carbons (Fsp3) is 0.929. The number of rotatable bonds is 5. The minimum Gasteiger partial charge on any atom is -0.353 e. The van der Waals surface area contributed by atoms with Crippen molar-refractivity contribution in [2.75, 3.05) is 0 Å². The summed E-state index contributed by atoms with van der Waals surface area (Å²) in [6, 6.07) is 0.545. The van der Waals surface area contributed by atoms with E-state index in [0.29, 0.717) is 12.0 Å². The predicted octanol–water partition coefficient (Wildman–Crippen LogP) is 2.44. The van der Waals surface area contributed by atoms with E-state index in [-0.39, 0.29) is 17.9 Å². The highest BCUT2D eigenvalue weighted by atomic mass is 16.1. The van der Waals surface area contributed by atoms with Gasteiger partial charge in [-0.05, 0) is 31.6 Å². The van der Waals surface area contributed by atoms with Gasteiger partial charge < -0.3 is 11.1 Å². The van der Waals surface area contributed by atoms with E-state index in [1.807, 2.05) is 0 Å². The maximum atomic E-state index is 12.2. The molecule has 3 nitrogen and oxygen atoms in total. The van der Waals surface area contributed by atoms with Crippen molar-refractivity contribution < 1.29 is 4.79 Å². The van der Waals surface area contributed by atoms with Gasteiger partial charge in [-0.2, -0.15) is 0 Å². The Bertz CT molecular complexity index is 242. The molecule has 1 aliphatic carbocycles. The maximum absolute atomic E-state index is 12.2. The first-order chi connectivity index (χ1) is 8.10. The zero-order valence-corrected chi connectivity index (χ0v) is 11.5. The van der Waals surface area contributed by atoms with Gasteiger partial charge in [0.25, 0.3) is 0 Å². The van der Waals surface area contributed by atoms with Crippen LogP contribution in [0.3, 0.4) is 0 Å². The molecule has 1 rings (SSSR count). The van der Waals surface area contributed by atoms with Gasteiger partial charge in [0.2, 0.25) is 5.91 Å². The molecule has 3 heteroatoms. The highest BCUT2D eigenvalue weighted by Gasteiger charge is 2.33. The van der Waals surface area contributed by atoms with E-state index in [9.17, 15) is 4.79 Å². The molecule has 0 aromatic heterocycles. The molecule has 0 saturated heterocycles.